The van der Waals surface area contributed by atoms with Crippen LogP contribution < -0.4 is 4.90 Å². The highest BCUT2D eigenvalue weighted by atomic mass is 31.2. The van der Waals surface area contributed by atoms with E-state index in [1.807, 2.05) is 12.1 Å². The van der Waals surface area contributed by atoms with E-state index in [4.69, 9.17) is 14.2 Å². The van der Waals surface area contributed by atoms with Gasteiger partial charge in [0.25, 0.3) is 0 Å². The molecule has 2 N–H and O–H groups in total. The summed E-state index contributed by atoms with van der Waals surface area (Å²) in [5.41, 5.74) is -1.39. The summed E-state index contributed by atoms with van der Waals surface area (Å²) in [6.45, 7) is 10.7. The number of cyclic esters (lactones) is 1. The Hall–Kier alpha value is -4.56. The summed E-state index contributed by atoms with van der Waals surface area (Å²) >= 11 is 0. The van der Waals surface area contributed by atoms with Crippen LogP contribution >= 0.6 is 7.82 Å². The quantitative estimate of drug-likeness (QED) is 0.203. The van der Waals surface area contributed by atoms with Gasteiger partial charge in [0.2, 0.25) is 0 Å². The first kappa shape index (κ1) is 32.4. The number of pyridine rings is 1. The van der Waals surface area contributed by atoms with E-state index in [1.54, 1.807) is 78.3 Å². The van der Waals surface area contributed by atoms with Crippen LogP contribution in [-0.4, -0.2) is 56.8 Å². The zero-order chi connectivity index (χ0) is 33.9. The topological polar surface area (TPSA) is 170 Å². The van der Waals surface area contributed by atoms with Crippen LogP contribution in [0.5, 0.6) is 0 Å². The number of phosphoric ester groups is 1. The van der Waals surface area contributed by atoms with Crippen LogP contribution in [0.2, 0.25) is 0 Å². The van der Waals surface area contributed by atoms with Gasteiger partial charge in [-0.2, -0.15) is 5.10 Å². The molecule has 47 heavy (non-hydrogen) atoms. The molecule has 0 aliphatic carbocycles. The van der Waals surface area contributed by atoms with Gasteiger partial charge in [-0.3, -0.25) is 9.51 Å². The first-order chi connectivity index (χ1) is 22.0. The lowest BCUT2D eigenvalue weighted by atomic mass is 9.68. The molecule has 16 heteroatoms. The monoisotopic (exact) mass is 664 g/mol. The number of nitrogens with zero attached hydrogens (tertiary/aromatic N) is 8. The maximum absolute atomic E-state index is 15.8. The van der Waals surface area contributed by atoms with Crippen molar-refractivity contribution in [1.82, 2.24) is 34.3 Å². The minimum Gasteiger partial charge on any atom is -0.446 e. The third kappa shape index (κ3) is 5.69. The van der Waals surface area contributed by atoms with Crippen LogP contribution in [0.3, 0.4) is 0 Å². The summed E-state index contributed by atoms with van der Waals surface area (Å²) in [6, 6.07) is 11.1. The lowest BCUT2D eigenvalue weighted by Crippen LogP contribution is -2.56. The summed E-state index contributed by atoms with van der Waals surface area (Å²) < 4.78 is 41.6. The van der Waals surface area contributed by atoms with Crippen LogP contribution in [0.25, 0.3) is 28.2 Å². The fourth-order valence-corrected chi connectivity index (χ4v) is 7.34. The average Bonchev–Trinajstić information content (AvgIpc) is 3.73. The highest BCUT2D eigenvalue weighted by Crippen LogP contribution is 2.58. The van der Waals surface area contributed by atoms with Crippen LogP contribution in [0.1, 0.15) is 53.3 Å². The van der Waals surface area contributed by atoms with Crippen LogP contribution in [0.15, 0.2) is 67.4 Å². The van der Waals surface area contributed by atoms with E-state index in [1.165, 1.54) is 32.6 Å². The Morgan fingerprint density at radius 2 is 1.77 bits per heavy atom. The number of rotatable bonds is 7. The molecule has 6 rings (SSSR count). The number of ether oxygens (including phenoxy) is 1. The van der Waals surface area contributed by atoms with Crippen molar-refractivity contribution in [2.45, 2.75) is 53.3 Å². The molecule has 1 atom stereocenters. The Morgan fingerprint density at radius 3 is 2.40 bits per heavy atom. The number of benzene rings is 1. The molecule has 5 aromatic rings. The first-order valence-electron chi connectivity index (χ1n) is 14.7. The molecule has 4 aromatic heterocycles. The van der Waals surface area contributed by atoms with E-state index < -0.39 is 42.3 Å². The molecule has 0 bridgehead atoms. The summed E-state index contributed by atoms with van der Waals surface area (Å²) in [7, 11) is -5.01. The number of hydrogen-bond acceptors (Lipinski definition) is 9. The number of aromatic nitrogens is 7. The molecule has 1 aromatic carbocycles. The van der Waals surface area contributed by atoms with Gasteiger partial charge < -0.3 is 14.5 Å². The second-order valence-electron chi connectivity index (χ2n) is 13.3. The summed E-state index contributed by atoms with van der Waals surface area (Å²) in [5.74, 6) is -0.334. The molecule has 0 saturated carbocycles. The normalized spacial score (nSPS) is 16.2. The number of halogens is 1. The lowest BCUT2D eigenvalue weighted by molar-refractivity contribution is -0.198. The first-order valence-corrected chi connectivity index (χ1v) is 16.2. The molecular weight excluding hydrogens is 630 g/mol. The SMILES string of the molecule is CC(C)(C)C(OP(=O)(O)O)(n1cnc(-c2ccc(-c3cnn4ccc(N5C(=O)OC[C@@H]5c5ccccn5)nc34)cc2F)n1)C(C)(C)C. The minimum atomic E-state index is -5.01. The van der Waals surface area contributed by atoms with Gasteiger partial charge in [-0.25, -0.2) is 37.8 Å². The summed E-state index contributed by atoms with van der Waals surface area (Å²) in [6.07, 6.45) is 5.57. The highest BCUT2D eigenvalue weighted by Gasteiger charge is 2.58. The molecule has 0 spiro atoms. The smallest absolute Gasteiger partial charge is 0.446 e. The fraction of sp³-hybridized carbons (Fsp3) is 0.355. The summed E-state index contributed by atoms with van der Waals surface area (Å²) in [5, 5.41) is 8.84. The maximum Gasteiger partial charge on any atom is 0.471 e. The van der Waals surface area contributed by atoms with Gasteiger partial charge in [0.05, 0.1) is 17.5 Å². The number of carbonyl (C=O) groups excluding carboxylic acids is 1. The van der Waals surface area contributed by atoms with E-state index in [0.717, 1.165) is 0 Å². The lowest BCUT2D eigenvalue weighted by Gasteiger charge is -2.51. The van der Waals surface area contributed by atoms with Crippen molar-refractivity contribution < 1.29 is 32.8 Å². The van der Waals surface area contributed by atoms with E-state index >= 15 is 4.39 Å². The number of amides is 1. The van der Waals surface area contributed by atoms with Gasteiger partial charge in [0.1, 0.15) is 30.6 Å². The molecule has 246 valence electrons. The molecule has 1 amide bonds. The van der Waals surface area contributed by atoms with Crippen LogP contribution in [-0.2, 0) is 19.6 Å². The van der Waals surface area contributed by atoms with E-state index in [2.05, 4.69) is 20.2 Å². The van der Waals surface area contributed by atoms with Crippen molar-refractivity contribution in [3.8, 4) is 22.5 Å². The number of fused-ring (bicyclic) bond motifs is 1. The summed E-state index contributed by atoms with van der Waals surface area (Å²) in [4.78, 5) is 47.3. The van der Waals surface area contributed by atoms with Gasteiger partial charge in [-0.1, -0.05) is 53.7 Å². The van der Waals surface area contributed by atoms with Crippen molar-refractivity contribution in [3.63, 3.8) is 0 Å². The fourth-order valence-electron chi connectivity index (χ4n) is 6.36. The minimum absolute atomic E-state index is 0.00498. The average molecular weight is 665 g/mol. The van der Waals surface area contributed by atoms with Crippen molar-refractivity contribution in [1.29, 1.82) is 0 Å². The molecule has 0 unspecified atom stereocenters. The number of anilines is 1. The van der Waals surface area contributed by atoms with E-state index in [0.29, 0.717) is 28.3 Å². The molecule has 1 aliphatic heterocycles. The predicted molar refractivity (Wildman–Crippen MR) is 168 cm³/mol. The largest absolute Gasteiger partial charge is 0.471 e. The Labute approximate surface area is 269 Å². The molecule has 14 nitrogen and oxygen atoms in total. The van der Waals surface area contributed by atoms with E-state index in [-0.39, 0.29) is 18.0 Å². The molecule has 1 saturated heterocycles. The zero-order valence-corrected chi connectivity index (χ0v) is 27.5. The van der Waals surface area contributed by atoms with Crippen molar-refractivity contribution >= 4 is 25.4 Å². The third-order valence-electron chi connectivity index (χ3n) is 8.12. The van der Waals surface area contributed by atoms with Gasteiger partial charge in [0, 0.05) is 28.8 Å². The zero-order valence-electron chi connectivity index (χ0n) is 26.6. The Morgan fingerprint density at radius 1 is 1.02 bits per heavy atom. The molecule has 1 fully saturated rings. The molecular formula is C31H34FN8O6P. The highest BCUT2D eigenvalue weighted by molar-refractivity contribution is 7.46. The van der Waals surface area contributed by atoms with Crippen molar-refractivity contribution in [2.75, 3.05) is 11.5 Å². The molecule has 5 heterocycles. The number of hydrogen-bond donors (Lipinski definition) is 2. The Kier molecular flexibility index (Phi) is 7.79. The Bertz CT molecular complexity index is 2000. The molecule has 1 aliphatic rings. The van der Waals surface area contributed by atoms with Gasteiger partial charge >= 0.3 is 13.9 Å². The Balaban J connectivity index is 1.36. The van der Waals surface area contributed by atoms with Gasteiger partial charge in [-0.15, -0.1) is 5.10 Å². The third-order valence-corrected chi connectivity index (χ3v) is 8.63. The predicted octanol–water partition coefficient (Wildman–Crippen LogP) is 5.74. The van der Waals surface area contributed by atoms with Crippen LogP contribution in [0.4, 0.5) is 15.0 Å². The second-order valence-corrected chi connectivity index (χ2v) is 14.4. The van der Waals surface area contributed by atoms with Gasteiger partial charge in [0.15, 0.2) is 17.2 Å². The number of phosphoric acid groups is 1. The van der Waals surface area contributed by atoms with Crippen molar-refractivity contribution in [3.05, 3.63) is 78.9 Å². The second kappa shape index (κ2) is 11.3. The number of carbonyl (C=O) groups is 1. The van der Waals surface area contributed by atoms with E-state index in [9.17, 15) is 19.1 Å². The van der Waals surface area contributed by atoms with Gasteiger partial charge in [-0.05, 0) is 35.9 Å². The van der Waals surface area contributed by atoms with Crippen LogP contribution in [0, 0.1) is 16.6 Å². The molecule has 0 radical (unpaired) electrons. The standard InChI is InChI=1S/C31H34FN8O6P/c1-29(2,3)31(30(4,5)6,46-47(42,43)44)39-18-34-26(37-39)20-11-10-19(15-22(20)32)21-16-35-38-14-12-25(36-27(21)38)40-24(17-45-28(40)41)23-9-7-8-13-33-23/h7-16,18,24H,17H2,1-6H3,(H2,42,43,44)/t24-/m1/s1. The van der Waals surface area contributed by atoms with Crippen molar-refractivity contribution in [2.24, 2.45) is 10.8 Å². The maximum atomic E-state index is 15.8.